The van der Waals surface area contributed by atoms with Crippen LogP contribution in [0.1, 0.15) is 11.1 Å². The summed E-state index contributed by atoms with van der Waals surface area (Å²) in [6.07, 6.45) is 1.83. The number of hydrogen-bond acceptors (Lipinski definition) is 1. The molecule has 4 heteroatoms. The summed E-state index contributed by atoms with van der Waals surface area (Å²) < 4.78 is 1.11. The van der Waals surface area contributed by atoms with Gasteiger partial charge in [0, 0.05) is 20.6 Å². The Morgan fingerprint density at radius 3 is 2.55 bits per heavy atom. The van der Waals surface area contributed by atoms with Crippen LogP contribution in [0.25, 0.3) is 0 Å². The summed E-state index contributed by atoms with van der Waals surface area (Å²) in [7, 11) is 1.98. The third-order valence-corrected chi connectivity index (χ3v) is 4.34. The lowest BCUT2D eigenvalue weighted by atomic mass is 9.99. The summed E-state index contributed by atoms with van der Waals surface area (Å²) >= 11 is 15.7. The maximum atomic E-state index is 6.24. The Morgan fingerprint density at radius 2 is 1.90 bits per heavy atom. The lowest BCUT2D eigenvalue weighted by Crippen LogP contribution is -2.30. The van der Waals surface area contributed by atoms with Gasteiger partial charge < -0.3 is 5.32 Å². The molecule has 0 amide bonds. The van der Waals surface area contributed by atoms with E-state index < -0.39 is 0 Å². The highest BCUT2D eigenvalue weighted by atomic mass is 79.9. The van der Waals surface area contributed by atoms with Gasteiger partial charge in [0.05, 0.1) is 0 Å². The molecule has 0 saturated carbocycles. The Kier molecular flexibility index (Phi) is 5.91. The monoisotopic (exact) mass is 371 g/mol. The zero-order valence-electron chi connectivity index (χ0n) is 11.2. The maximum absolute atomic E-state index is 6.24. The normalized spacial score (nSPS) is 12.4. The molecule has 0 fully saturated rings. The van der Waals surface area contributed by atoms with Crippen LogP contribution in [0.2, 0.25) is 10.0 Å². The van der Waals surface area contributed by atoms with E-state index in [0.717, 1.165) is 27.9 Å². The van der Waals surface area contributed by atoms with Crippen LogP contribution in [0.15, 0.2) is 46.9 Å². The molecule has 0 heterocycles. The second-order valence-electron chi connectivity index (χ2n) is 4.76. The molecule has 1 N–H and O–H groups in total. The number of nitrogens with one attached hydrogen (secondary N) is 1. The summed E-state index contributed by atoms with van der Waals surface area (Å²) in [5, 5.41) is 4.75. The van der Waals surface area contributed by atoms with E-state index in [9.17, 15) is 0 Å². The van der Waals surface area contributed by atoms with E-state index in [2.05, 4.69) is 39.4 Å². The third kappa shape index (κ3) is 4.49. The van der Waals surface area contributed by atoms with Crippen LogP contribution < -0.4 is 5.32 Å². The highest BCUT2D eigenvalue weighted by Crippen LogP contribution is 2.23. The molecule has 106 valence electrons. The van der Waals surface area contributed by atoms with Gasteiger partial charge in [0.15, 0.2) is 0 Å². The molecule has 2 aromatic carbocycles. The zero-order valence-corrected chi connectivity index (χ0v) is 14.3. The first-order valence-corrected chi connectivity index (χ1v) is 7.99. The quantitative estimate of drug-likeness (QED) is 0.767. The average molecular weight is 373 g/mol. The van der Waals surface area contributed by atoms with Crippen molar-refractivity contribution >= 4 is 39.1 Å². The Morgan fingerprint density at radius 1 is 1.10 bits per heavy atom. The van der Waals surface area contributed by atoms with Crippen LogP contribution in [0.4, 0.5) is 0 Å². The molecule has 1 unspecified atom stereocenters. The van der Waals surface area contributed by atoms with E-state index in [4.69, 9.17) is 23.2 Å². The molecule has 0 aliphatic heterocycles. The van der Waals surface area contributed by atoms with Crippen molar-refractivity contribution in [2.75, 3.05) is 7.05 Å². The average Bonchev–Trinajstić information content (AvgIpc) is 2.41. The minimum Gasteiger partial charge on any atom is -0.316 e. The van der Waals surface area contributed by atoms with Gasteiger partial charge in [-0.25, -0.2) is 0 Å². The van der Waals surface area contributed by atoms with Gasteiger partial charge in [0.1, 0.15) is 0 Å². The number of hydrogen-bond donors (Lipinski definition) is 1. The predicted octanol–water partition coefficient (Wildman–Crippen LogP) is 5.13. The van der Waals surface area contributed by atoms with Crippen molar-refractivity contribution < 1.29 is 0 Å². The molecule has 1 nitrogen and oxygen atoms in total. The summed E-state index contributed by atoms with van der Waals surface area (Å²) in [6.45, 7) is 0. The van der Waals surface area contributed by atoms with Crippen LogP contribution in [-0.2, 0) is 12.8 Å². The number of rotatable bonds is 5. The fourth-order valence-electron chi connectivity index (χ4n) is 2.18. The first kappa shape index (κ1) is 15.8. The van der Waals surface area contributed by atoms with Crippen LogP contribution in [0.3, 0.4) is 0 Å². The fraction of sp³-hybridized carbons (Fsp3) is 0.250. The van der Waals surface area contributed by atoms with E-state index in [1.165, 1.54) is 5.56 Å². The van der Waals surface area contributed by atoms with Gasteiger partial charge in [0.2, 0.25) is 0 Å². The Bertz CT molecular complexity index is 586. The van der Waals surface area contributed by atoms with E-state index in [-0.39, 0.29) is 0 Å². The number of likely N-dealkylation sites (N-methyl/N-ethyl adjacent to an activating group) is 1. The first-order chi connectivity index (χ1) is 9.58. The van der Waals surface area contributed by atoms with Crippen molar-refractivity contribution in [3.8, 4) is 0 Å². The lowest BCUT2D eigenvalue weighted by molar-refractivity contribution is 0.556. The number of benzene rings is 2. The second kappa shape index (κ2) is 7.46. The summed E-state index contributed by atoms with van der Waals surface area (Å²) in [5.41, 5.74) is 2.41. The zero-order chi connectivity index (χ0) is 14.5. The fourth-order valence-corrected chi connectivity index (χ4v) is 3.11. The van der Waals surface area contributed by atoms with Crippen molar-refractivity contribution in [2.24, 2.45) is 0 Å². The number of halogens is 3. The molecule has 0 aliphatic rings. The van der Waals surface area contributed by atoms with E-state index in [0.29, 0.717) is 11.1 Å². The minimum atomic E-state index is 0.336. The van der Waals surface area contributed by atoms with Crippen LogP contribution in [0, 0.1) is 0 Å². The molecular formula is C16H16BrCl2N. The molecular weight excluding hydrogens is 357 g/mol. The SMILES string of the molecule is CNC(Cc1cccc(Br)c1)Cc1ccc(Cl)cc1Cl. The molecule has 1 atom stereocenters. The van der Waals surface area contributed by atoms with Gasteiger partial charge in [-0.05, 0) is 55.3 Å². The van der Waals surface area contributed by atoms with Gasteiger partial charge in [-0.1, -0.05) is 57.3 Å². The smallest absolute Gasteiger partial charge is 0.0453 e. The minimum absolute atomic E-state index is 0.336. The second-order valence-corrected chi connectivity index (χ2v) is 6.52. The topological polar surface area (TPSA) is 12.0 Å². The van der Waals surface area contributed by atoms with E-state index in [1.807, 2.05) is 25.2 Å². The molecule has 0 radical (unpaired) electrons. The largest absolute Gasteiger partial charge is 0.316 e. The summed E-state index contributed by atoms with van der Waals surface area (Å²) in [4.78, 5) is 0. The van der Waals surface area contributed by atoms with Gasteiger partial charge in [-0.3, -0.25) is 0 Å². The van der Waals surface area contributed by atoms with Gasteiger partial charge >= 0.3 is 0 Å². The highest BCUT2D eigenvalue weighted by molar-refractivity contribution is 9.10. The van der Waals surface area contributed by atoms with Gasteiger partial charge in [-0.2, -0.15) is 0 Å². The molecule has 2 aromatic rings. The van der Waals surface area contributed by atoms with Crippen LogP contribution in [-0.4, -0.2) is 13.1 Å². The molecule has 2 rings (SSSR count). The van der Waals surface area contributed by atoms with Crippen molar-refractivity contribution in [3.63, 3.8) is 0 Å². The van der Waals surface area contributed by atoms with Crippen LogP contribution in [0.5, 0.6) is 0 Å². The van der Waals surface area contributed by atoms with Crippen molar-refractivity contribution in [3.05, 3.63) is 68.1 Å². The molecule has 0 saturated heterocycles. The Hall–Kier alpha value is -0.540. The Labute approximate surface area is 138 Å². The molecule has 0 bridgehead atoms. The van der Waals surface area contributed by atoms with Crippen molar-refractivity contribution in [2.45, 2.75) is 18.9 Å². The molecule has 0 aliphatic carbocycles. The standard InChI is InChI=1S/C16H16BrCl2N/c1-20-15(8-11-3-2-4-13(17)7-11)9-12-5-6-14(18)10-16(12)19/h2-7,10,15,20H,8-9H2,1H3. The van der Waals surface area contributed by atoms with E-state index in [1.54, 1.807) is 6.07 Å². The first-order valence-electron chi connectivity index (χ1n) is 6.44. The summed E-state index contributed by atoms with van der Waals surface area (Å²) in [5.74, 6) is 0. The Balaban J connectivity index is 2.09. The molecule has 0 spiro atoms. The third-order valence-electron chi connectivity index (χ3n) is 3.26. The van der Waals surface area contributed by atoms with Crippen molar-refractivity contribution in [1.82, 2.24) is 5.32 Å². The lowest BCUT2D eigenvalue weighted by Gasteiger charge is -2.17. The van der Waals surface area contributed by atoms with Gasteiger partial charge in [-0.15, -0.1) is 0 Å². The predicted molar refractivity (Wildman–Crippen MR) is 90.9 cm³/mol. The van der Waals surface area contributed by atoms with Crippen LogP contribution >= 0.6 is 39.1 Å². The van der Waals surface area contributed by atoms with E-state index >= 15 is 0 Å². The molecule has 0 aromatic heterocycles. The maximum Gasteiger partial charge on any atom is 0.0453 e. The summed E-state index contributed by atoms with van der Waals surface area (Å²) in [6, 6.07) is 14.4. The van der Waals surface area contributed by atoms with Gasteiger partial charge in [0.25, 0.3) is 0 Å². The van der Waals surface area contributed by atoms with Crippen molar-refractivity contribution in [1.29, 1.82) is 0 Å². The molecule has 20 heavy (non-hydrogen) atoms. The highest BCUT2D eigenvalue weighted by Gasteiger charge is 2.11.